The maximum atomic E-state index is 12.3. The fraction of sp³-hybridized carbons (Fsp3) is 0.625. The molecule has 0 aliphatic carbocycles. The molecule has 0 spiro atoms. The van der Waals surface area contributed by atoms with E-state index >= 15 is 0 Å². The Hall–Kier alpha value is -1.82. The Morgan fingerprint density at radius 3 is 3.18 bits per heavy atom. The van der Waals surface area contributed by atoms with E-state index in [9.17, 15) is 4.79 Å². The lowest BCUT2D eigenvalue weighted by molar-refractivity contribution is 0.180. The van der Waals surface area contributed by atoms with E-state index in [1.54, 1.807) is 18.3 Å². The summed E-state index contributed by atoms with van der Waals surface area (Å²) in [5, 5.41) is 5.98. The number of fused-ring (bicyclic) bond motifs is 1. The van der Waals surface area contributed by atoms with Crippen LogP contribution in [0.15, 0.2) is 18.3 Å². The topological polar surface area (TPSA) is 66.5 Å². The first-order valence-electron chi connectivity index (χ1n) is 8.17. The number of nitrogens with one attached hydrogen (secondary N) is 2. The number of ether oxygens (including phenoxy) is 1. The van der Waals surface area contributed by atoms with Crippen LogP contribution in [0.25, 0.3) is 0 Å². The molecule has 0 aromatic carbocycles. The van der Waals surface area contributed by atoms with Gasteiger partial charge in [-0.1, -0.05) is 6.42 Å². The third-order valence-corrected chi connectivity index (χ3v) is 4.47. The van der Waals surface area contributed by atoms with Gasteiger partial charge in [0.05, 0.1) is 6.61 Å². The Balaban J connectivity index is 1.59. The third kappa shape index (κ3) is 3.32. The van der Waals surface area contributed by atoms with E-state index < -0.39 is 0 Å². The van der Waals surface area contributed by atoms with Gasteiger partial charge in [-0.15, -0.1) is 0 Å². The van der Waals surface area contributed by atoms with E-state index in [-0.39, 0.29) is 12.1 Å². The van der Waals surface area contributed by atoms with Gasteiger partial charge < -0.3 is 15.4 Å². The minimum Gasteiger partial charge on any atom is -0.476 e. The van der Waals surface area contributed by atoms with Gasteiger partial charge >= 0.3 is 6.03 Å². The molecule has 6 heteroatoms. The number of rotatable bonds is 4. The summed E-state index contributed by atoms with van der Waals surface area (Å²) in [4.78, 5) is 18.9. The van der Waals surface area contributed by atoms with Gasteiger partial charge in [0.25, 0.3) is 0 Å². The normalized spacial score (nSPS) is 24.6. The standard InChI is InChI=1S/C16H24N4O2/c1-2-22-15-13(6-5-9-17-15)19-16(21)18-12-8-11-20-10-4-3-7-14(12)20/h5-6,9,12,14H,2-4,7-8,10-11H2,1H3,(H2,18,19,21)/t12-,14-/m0/s1. The van der Waals surface area contributed by atoms with Crippen LogP contribution >= 0.6 is 0 Å². The number of carbonyl (C=O) groups excluding carboxylic acids is 1. The molecule has 2 fully saturated rings. The second kappa shape index (κ2) is 6.96. The highest BCUT2D eigenvalue weighted by Gasteiger charge is 2.36. The maximum Gasteiger partial charge on any atom is 0.319 e. The number of hydrogen-bond acceptors (Lipinski definition) is 4. The second-order valence-corrected chi connectivity index (χ2v) is 5.88. The Morgan fingerprint density at radius 1 is 1.41 bits per heavy atom. The van der Waals surface area contributed by atoms with E-state index in [4.69, 9.17) is 4.74 Å². The molecule has 0 saturated carbocycles. The predicted octanol–water partition coefficient (Wildman–Crippen LogP) is 2.23. The van der Waals surface area contributed by atoms with Crippen molar-refractivity contribution in [3.8, 4) is 5.88 Å². The molecule has 3 heterocycles. The molecule has 3 rings (SSSR count). The summed E-state index contributed by atoms with van der Waals surface area (Å²) in [6.45, 7) is 4.68. The molecule has 2 atom stereocenters. The van der Waals surface area contributed by atoms with Gasteiger partial charge in [0, 0.05) is 24.8 Å². The van der Waals surface area contributed by atoms with Gasteiger partial charge in [0.15, 0.2) is 0 Å². The molecule has 2 saturated heterocycles. The molecule has 2 aliphatic heterocycles. The first kappa shape index (κ1) is 15.1. The van der Waals surface area contributed by atoms with Crippen LogP contribution in [0.3, 0.4) is 0 Å². The lowest BCUT2D eigenvalue weighted by Gasteiger charge is -2.32. The summed E-state index contributed by atoms with van der Waals surface area (Å²) >= 11 is 0. The summed E-state index contributed by atoms with van der Waals surface area (Å²) in [6, 6.07) is 4.16. The number of anilines is 1. The van der Waals surface area contributed by atoms with Crippen molar-refractivity contribution in [3.63, 3.8) is 0 Å². The third-order valence-electron chi connectivity index (χ3n) is 4.47. The Labute approximate surface area is 131 Å². The van der Waals surface area contributed by atoms with Crippen molar-refractivity contribution in [2.24, 2.45) is 0 Å². The van der Waals surface area contributed by atoms with Crippen LogP contribution in [0, 0.1) is 0 Å². The van der Waals surface area contributed by atoms with Crippen LogP contribution in [0.4, 0.5) is 10.5 Å². The van der Waals surface area contributed by atoms with Crippen LogP contribution in [0.2, 0.25) is 0 Å². The summed E-state index contributed by atoms with van der Waals surface area (Å²) in [6.07, 6.45) is 6.41. The van der Waals surface area contributed by atoms with Crippen molar-refractivity contribution >= 4 is 11.7 Å². The average Bonchev–Trinajstić information content (AvgIpc) is 2.93. The van der Waals surface area contributed by atoms with Crippen molar-refractivity contribution in [1.82, 2.24) is 15.2 Å². The average molecular weight is 304 g/mol. The van der Waals surface area contributed by atoms with E-state index in [2.05, 4.69) is 20.5 Å². The second-order valence-electron chi connectivity index (χ2n) is 5.88. The SMILES string of the molecule is CCOc1ncccc1NC(=O)N[C@H]1CCN2CCCC[C@@H]12. The van der Waals surface area contributed by atoms with E-state index in [1.165, 1.54) is 25.8 Å². The van der Waals surface area contributed by atoms with E-state index in [0.717, 1.165) is 13.0 Å². The lowest BCUT2D eigenvalue weighted by Crippen LogP contribution is -2.48. The Kier molecular flexibility index (Phi) is 4.77. The van der Waals surface area contributed by atoms with Gasteiger partial charge in [0.2, 0.25) is 5.88 Å². The molecular formula is C16H24N4O2. The maximum absolute atomic E-state index is 12.3. The minimum absolute atomic E-state index is 0.175. The molecule has 22 heavy (non-hydrogen) atoms. The summed E-state index contributed by atoms with van der Waals surface area (Å²) in [5.74, 6) is 0.464. The molecule has 0 unspecified atom stereocenters. The summed E-state index contributed by atoms with van der Waals surface area (Å²) < 4.78 is 5.43. The monoisotopic (exact) mass is 304 g/mol. The number of nitrogens with zero attached hydrogens (tertiary/aromatic N) is 2. The van der Waals surface area contributed by atoms with Gasteiger partial charge in [-0.05, 0) is 44.9 Å². The van der Waals surface area contributed by atoms with Crippen LogP contribution in [0.1, 0.15) is 32.6 Å². The number of hydrogen-bond donors (Lipinski definition) is 2. The van der Waals surface area contributed by atoms with Crippen molar-refractivity contribution in [1.29, 1.82) is 0 Å². The minimum atomic E-state index is -0.175. The van der Waals surface area contributed by atoms with Crippen LogP contribution in [0.5, 0.6) is 5.88 Å². The van der Waals surface area contributed by atoms with Crippen molar-refractivity contribution < 1.29 is 9.53 Å². The molecule has 1 aromatic heterocycles. The number of aromatic nitrogens is 1. The first-order valence-corrected chi connectivity index (χ1v) is 8.17. The Bertz CT molecular complexity index is 523. The van der Waals surface area contributed by atoms with Crippen LogP contribution in [-0.4, -0.2) is 47.7 Å². The van der Waals surface area contributed by atoms with Gasteiger partial charge in [-0.25, -0.2) is 9.78 Å². The largest absolute Gasteiger partial charge is 0.476 e. The molecule has 2 amide bonds. The zero-order valence-electron chi connectivity index (χ0n) is 13.0. The molecule has 6 nitrogen and oxygen atoms in total. The zero-order valence-corrected chi connectivity index (χ0v) is 13.0. The molecule has 1 aromatic rings. The highest BCUT2D eigenvalue weighted by molar-refractivity contribution is 5.90. The zero-order chi connectivity index (χ0) is 15.4. The summed E-state index contributed by atoms with van der Waals surface area (Å²) in [5.41, 5.74) is 0.611. The predicted molar refractivity (Wildman–Crippen MR) is 85.2 cm³/mol. The molecular weight excluding hydrogens is 280 g/mol. The van der Waals surface area contributed by atoms with Crippen molar-refractivity contribution in [2.75, 3.05) is 25.0 Å². The van der Waals surface area contributed by atoms with Crippen LogP contribution in [-0.2, 0) is 0 Å². The molecule has 0 radical (unpaired) electrons. The number of piperidine rings is 1. The van der Waals surface area contributed by atoms with Crippen molar-refractivity contribution in [2.45, 2.75) is 44.7 Å². The lowest BCUT2D eigenvalue weighted by atomic mass is 9.99. The Morgan fingerprint density at radius 2 is 2.32 bits per heavy atom. The molecule has 2 aliphatic rings. The number of urea groups is 1. The highest BCUT2D eigenvalue weighted by atomic mass is 16.5. The van der Waals surface area contributed by atoms with Crippen LogP contribution < -0.4 is 15.4 Å². The quantitative estimate of drug-likeness (QED) is 0.895. The van der Waals surface area contributed by atoms with Gasteiger partial charge in [-0.3, -0.25) is 4.90 Å². The molecule has 120 valence electrons. The smallest absolute Gasteiger partial charge is 0.319 e. The van der Waals surface area contributed by atoms with Gasteiger partial charge in [0.1, 0.15) is 5.69 Å². The number of amides is 2. The molecule has 0 bridgehead atoms. The van der Waals surface area contributed by atoms with Gasteiger partial charge in [-0.2, -0.15) is 0 Å². The van der Waals surface area contributed by atoms with E-state index in [1.807, 2.05) is 6.92 Å². The summed E-state index contributed by atoms with van der Waals surface area (Å²) in [7, 11) is 0. The van der Waals surface area contributed by atoms with Crippen molar-refractivity contribution in [3.05, 3.63) is 18.3 Å². The first-order chi connectivity index (χ1) is 10.8. The number of carbonyl (C=O) groups is 1. The molecule has 2 N–H and O–H groups in total. The number of pyridine rings is 1. The van der Waals surface area contributed by atoms with E-state index in [0.29, 0.717) is 24.2 Å². The fourth-order valence-corrected chi connectivity index (χ4v) is 3.48. The fourth-order valence-electron chi connectivity index (χ4n) is 3.48. The highest BCUT2D eigenvalue weighted by Crippen LogP contribution is 2.27.